The highest BCUT2D eigenvalue weighted by molar-refractivity contribution is 7.90. The van der Waals surface area contributed by atoms with E-state index in [9.17, 15) is 22.8 Å². The lowest BCUT2D eigenvalue weighted by Crippen LogP contribution is -2.35. The highest BCUT2D eigenvalue weighted by atomic mass is 35.5. The molecule has 1 unspecified atom stereocenters. The van der Waals surface area contributed by atoms with E-state index in [4.69, 9.17) is 21.1 Å². The van der Waals surface area contributed by atoms with Gasteiger partial charge < -0.3 is 9.47 Å². The molecule has 1 atom stereocenters. The fraction of sp³-hybridized carbons (Fsp3) is 0.571. The van der Waals surface area contributed by atoms with Crippen LogP contribution in [0.1, 0.15) is 54.4 Å². The monoisotopic (exact) mass is 456 g/mol. The Balaban J connectivity index is 1.88. The molecule has 1 aromatic rings. The minimum Gasteiger partial charge on any atom is -0.376 e. The minimum atomic E-state index is -3.64. The summed E-state index contributed by atoms with van der Waals surface area (Å²) in [5, 5.41) is -0.0985. The van der Waals surface area contributed by atoms with E-state index in [-0.39, 0.29) is 53.2 Å². The molecule has 0 amide bonds. The van der Waals surface area contributed by atoms with Crippen LogP contribution in [-0.4, -0.2) is 51.3 Å². The maximum Gasteiger partial charge on any atom is 0.182 e. The lowest BCUT2D eigenvalue weighted by atomic mass is 9.81. The molecule has 1 aliphatic carbocycles. The van der Waals surface area contributed by atoms with Gasteiger partial charge in [-0.3, -0.25) is 14.4 Å². The van der Waals surface area contributed by atoms with Crippen molar-refractivity contribution in [3.63, 3.8) is 0 Å². The molecule has 0 spiro atoms. The van der Waals surface area contributed by atoms with Gasteiger partial charge in [0.25, 0.3) is 0 Å². The molecular weight excluding hydrogens is 432 g/mol. The maximum atomic E-state index is 12.9. The van der Waals surface area contributed by atoms with Gasteiger partial charge in [0, 0.05) is 36.8 Å². The molecule has 0 aromatic heterocycles. The summed E-state index contributed by atoms with van der Waals surface area (Å²) in [6.45, 7) is 0.808. The van der Waals surface area contributed by atoms with Crippen LogP contribution in [0.4, 0.5) is 0 Å². The van der Waals surface area contributed by atoms with E-state index in [0.29, 0.717) is 13.0 Å². The van der Waals surface area contributed by atoms with Crippen molar-refractivity contribution in [2.24, 2.45) is 5.92 Å². The summed E-state index contributed by atoms with van der Waals surface area (Å²) in [7, 11) is -3.64. The topological polar surface area (TPSA) is 104 Å². The Kier molecular flexibility index (Phi) is 7.44. The fourth-order valence-corrected chi connectivity index (χ4v) is 5.15. The highest BCUT2D eigenvalue weighted by Crippen LogP contribution is 2.32. The van der Waals surface area contributed by atoms with Crippen molar-refractivity contribution in [1.29, 1.82) is 0 Å². The SMILES string of the molecule is CS(=O)(=O)c1ccc(C(=O)C2C(=O)CCCC2=O)c(Cl)c1COCC1CCCCO1. The van der Waals surface area contributed by atoms with Crippen molar-refractivity contribution in [2.75, 3.05) is 19.5 Å². The molecule has 1 aliphatic heterocycles. The standard InChI is InChI=1S/C21H25ClO7S/c1-30(26,27)18-9-8-14(21(25)19-16(23)6-4-7-17(19)24)20(22)15(18)12-28-11-13-5-2-3-10-29-13/h8-9,13,19H,2-7,10-12H2,1H3. The second-order valence-corrected chi connectivity index (χ2v) is 10.1. The number of carbonyl (C=O) groups is 3. The summed E-state index contributed by atoms with van der Waals surface area (Å²) >= 11 is 6.43. The largest absolute Gasteiger partial charge is 0.376 e. The Labute approximate surface area is 181 Å². The molecule has 1 saturated heterocycles. The first-order valence-corrected chi connectivity index (χ1v) is 12.3. The summed E-state index contributed by atoms with van der Waals surface area (Å²) in [6, 6.07) is 2.55. The zero-order valence-electron chi connectivity index (χ0n) is 16.8. The molecule has 1 heterocycles. The number of ether oxygens (including phenoxy) is 2. The van der Waals surface area contributed by atoms with Gasteiger partial charge in [-0.25, -0.2) is 8.42 Å². The normalized spacial score (nSPS) is 21.1. The number of carbonyl (C=O) groups excluding carboxylic acids is 3. The Morgan fingerprint density at radius 2 is 1.87 bits per heavy atom. The van der Waals surface area contributed by atoms with Gasteiger partial charge in [0.15, 0.2) is 27.2 Å². The van der Waals surface area contributed by atoms with E-state index in [0.717, 1.165) is 25.5 Å². The van der Waals surface area contributed by atoms with Gasteiger partial charge in [-0.05, 0) is 37.8 Å². The summed E-state index contributed by atoms with van der Waals surface area (Å²) < 4.78 is 35.7. The molecule has 3 rings (SSSR count). The van der Waals surface area contributed by atoms with Gasteiger partial charge >= 0.3 is 0 Å². The van der Waals surface area contributed by atoms with Crippen LogP contribution < -0.4 is 0 Å². The molecule has 9 heteroatoms. The van der Waals surface area contributed by atoms with Gasteiger partial charge in [0.2, 0.25) is 0 Å². The number of hydrogen-bond donors (Lipinski definition) is 0. The predicted octanol–water partition coefficient (Wildman–Crippen LogP) is 2.95. The van der Waals surface area contributed by atoms with E-state index in [2.05, 4.69) is 0 Å². The Morgan fingerprint density at radius 3 is 2.47 bits per heavy atom. The fourth-order valence-electron chi connectivity index (χ4n) is 3.86. The van der Waals surface area contributed by atoms with Crippen molar-refractivity contribution in [3.8, 4) is 0 Å². The van der Waals surface area contributed by atoms with E-state index in [1.54, 1.807) is 0 Å². The number of Topliss-reactive ketones (excluding diaryl/α,β-unsaturated/α-hetero) is 3. The summed E-state index contributed by atoms with van der Waals surface area (Å²) in [5.74, 6) is -2.91. The average molecular weight is 457 g/mol. The molecule has 2 fully saturated rings. The van der Waals surface area contributed by atoms with Crippen molar-refractivity contribution < 1.29 is 32.3 Å². The van der Waals surface area contributed by atoms with Crippen LogP contribution in [0.3, 0.4) is 0 Å². The first kappa shape index (κ1) is 23.1. The van der Waals surface area contributed by atoms with Gasteiger partial charge in [0.05, 0.1) is 29.2 Å². The summed E-state index contributed by atoms with van der Waals surface area (Å²) in [5.41, 5.74) is 0.113. The Bertz CT molecular complexity index is 932. The van der Waals surface area contributed by atoms with E-state index < -0.39 is 33.1 Å². The first-order chi connectivity index (χ1) is 14.2. The Morgan fingerprint density at radius 1 is 1.17 bits per heavy atom. The molecule has 7 nitrogen and oxygen atoms in total. The number of sulfone groups is 1. The average Bonchev–Trinajstić information content (AvgIpc) is 2.68. The lowest BCUT2D eigenvalue weighted by Gasteiger charge is -2.23. The van der Waals surface area contributed by atoms with E-state index in [1.807, 2.05) is 0 Å². The molecule has 0 N–H and O–H groups in total. The molecule has 30 heavy (non-hydrogen) atoms. The van der Waals surface area contributed by atoms with Gasteiger partial charge in [-0.2, -0.15) is 0 Å². The van der Waals surface area contributed by atoms with Crippen LogP contribution in [0.2, 0.25) is 5.02 Å². The number of benzene rings is 1. The van der Waals surface area contributed by atoms with Crippen LogP contribution in [0.25, 0.3) is 0 Å². The third-order valence-electron chi connectivity index (χ3n) is 5.44. The predicted molar refractivity (Wildman–Crippen MR) is 109 cm³/mol. The van der Waals surface area contributed by atoms with Gasteiger partial charge in [-0.1, -0.05) is 11.6 Å². The van der Waals surface area contributed by atoms with Crippen LogP contribution >= 0.6 is 11.6 Å². The first-order valence-electron chi connectivity index (χ1n) is 10.0. The lowest BCUT2D eigenvalue weighted by molar-refractivity contribution is -0.133. The summed E-state index contributed by atoms with van der Waals surface area (Å²) in [6.07, 6.45) is 4.64. The van der Waals surface area contributed by atoms with E-state index >= 15 is 0 Å². The minimum absolute atomic E-state index is 0.0369. The second-order valence-electron chi connectivity index (χ2n) is 7.76. The second kappa shape index (κ2) is 9.68. The highest BCUT2D eigenvalue weighted by Gasteiger charge is 2.38. The number of hydrogen-bond acceptors (Lipinski definition) is 7. The van der Waals surface area contributed by atoms with Gasteiger partial charge in [0.1, 0.15) is 5.92 Å². The van der Waals surface area contributed by atoms with Crippen LogP contribution in [-0.2, 0) is 35.5 Å². The molecule has 1 saturated carbocycles. The molecule has 164 valence electrons. The zero-order valence-corrected chi connectivity index (χ0v) is 18.4. The molecule has 2 aliphatic rings. The molecule has 0 radical (unpaired) electrons. The molecule has 1 aromatic carbocycles. The third-order valence-corrected chi connectivity index (χ3v) is 7.05. The van der Waals surface area contributed by atoms with Crippen molar-refractivity contribution in [1.82, 2.24) is 0 Å². The molecule has 0 bridgehead atoms. The van der Waals surface area contributed by atoms with Crippen molar-refractivity contribution >= 4 is 38.8 Å². The van der Waals surface area contributed by atoms with Gasteiger partial charge in [-0.15, -0.1) is 0 Å². The summed E-state index contributed by atoms with van der Waals surface area (Å²) in [4.78, 5) is 37.2. The van der Waals surface area contributed by atoms with Crippen molar-refractivity contribution in [2.45, 2.75) is 56.1 Å². The van der Waals surface area contributed by atoms with Crippen molar-refractivity contribution in [3.05, 3.63) is 28.3 Å². The number of rotatable bonds is 7. The number of halogens is 1. The number of ketones is 3. The van der Waals surface area contributed by atoms with Crippen LogP contribution in [0, 0.1) is 5.92 Å². The maximum absolute atomic E-state index is 12.9. The van der Waals surface area contributed by atoms with Crippen LogP contribution in [0.15, 0.2) is 17.0 Å². The smallest absolute Gasteiger partial charge is 0.182 e. The Hall–Kier alpha value is -1.61. The van der Waals surface area contributed by atoms with Crippen LogP contribution in [0.5, 0.6) is 0 Å². The third kappa shape index (κ3) is 5.17. The van der Waals surface area contributed by atoms with E-state index in [1.165, 1.54) is 12.1 Å². The quantitative estimate of drug-likeness (QED) is 0.459. The zero-order chi connectivity index (χ0) is 21.9. The molecular formula is C21H25ClO7S.